The van der Waals surface area contributed by atoms with Gasteiger partial charge < -0.3 is 29.1 Å². The van der Waals surface area contributed by atoms with E-state index in [2.05, 4.69) is 4.90 Å². The fourth-order valence-corrected chi connectivity index (χ4v) is 7.05. The minimum atomic E-state index is -0.474. The van der Waals surface area contributed by atoms with E-state index < -0.39 is 18.3 Å². The first-order valence-electron chi connectivity index (χ1n) is 18.2. The zero-order chi connectivity index (χ0) is 33.6. The van der Waals surface area contributed by atoms with Gasteiger partial charge in [-0.2, -0.15) is 0 Å². The summed E-state index contributed by atoms with van der Waals surface area (Å²) in [6.07, 6.45) is 20.0. The van der Waals surface area contributed by atoms with E-state index in [0.29, 0.717) is 45.1 Å². The third-order valence-corrected chi connectivity index (χ3v) is 10.0. The first kappa shape index (κ1) is 37.0. The third-order valence-electron chi connectivity index (χ3n) is 10.0. The molecule has 0 aromatic heterocycles. The Bertz CT molecular complexity index is 1090. The van der Waals surface area contributed by atoms with Crippen LogP contribution in [0, 0.1) is 11.8 Å². The Hall–Kier alpha value is -2.85. The van der Waals surface area contributed by atoms with Crippen molar-refractivity contribution in [1.82, 2.24) is 14.7 Å². The van der Waals surface area contributed by atoms with E-state index in [-0.39, 0.29) is 36.6 Å². The van der Waals surface area contributed by atoms with Crippen LogP contribution in [0.2, 0.25) is 0 Å². The Morgan fingerprint density at radius 3 is 2.34 bits per heavy atom. The third kappa shape index (κ3) is 12.3. The van der Waals surface area contributed by atoms with Gasteiger partial charge >= 0.3 is 18.2 Å². The standard InChI is InChI=1S/C37H59N3O7/c1-28(27-45-36(43)40-21-20-32(41)26-40)12-11-13-29(2)35-30(3)18-19-33(16-9-6-10-17-34(42)47-35)46-37(44)39-24-22-38(23-25-39)31-14-7-4-5-8-15-31/h11-13,18-19,28,30-33,35,41H,4-10,14-17,20-27H2,1-3H3/b12-11+,19-18+,29-13+/t28-,30+,32-,33-,35-/m1/s1. The van der Waals surface area contributed by atoms with Crippen LogP contribution in [0.1, 0.15) is 97.8 Å². The number of likely N-dealkylation sites (tertiary alicyclic amines) is 1. The van der Waals surface area contributed by atoms with Crippen molar-refractivity contribution in [2.24, 2.45) is 11.8 Å². The van der Waals surface area contributed by atoms with Gasteiger partial charge in [0.15, 0.2) is 0 Å². The topological polar surface area (TPSA) is 109 Å². The van der Waals surface area contributed by atoms with Crippen LogP contribution in [0.15, 0.2) is 36.0 Å². The lowest BCUT2D eigenvalue weighted by molar-refractivity contribution is -0.148. The smallest absolute Gasteiger partial charge is 0.410 e. The largest absolute Gasteiger partial charge is 0.457 e. The summed E-state index contributed by atoms with van der Waals surface area (Å²) in [4.78, 5) is 44.1. The number of allylic oxidation sites excluding steroid dienone is 2. The van der Waals surface area contributed by atoms with Gasteiger partial charge in [0.05, 0.1) is 12.7 Å². The zero-order valence-corrected chi connectivity index (χ0v) is 29.0. The number of esters is 1. The Balaban J connectivity index is 1.30. The number of piperazine rings is 1. The van der Waals surface area contributed by atoms with Crippen LogP contribution in [0.4, 0.5) is 9.59 Å². The Morgan fingerprint density at radius 1 is 0.936 bits per heavy atom. The van der Waals surface area contributed by atoms with Crippen LogP contribution in [-0.2, 0) is 19.0 Å². The molecule has 0 unspecified atom stereocenters. The van der Waals surface area contributed by atoms with Gasteiger partial charge in [0.2, 0.25) is 0 Å². The summed E-state index contributed by atoms with van der Waals surface area (Å²) in [5.74, 6) is -0.339. The Kier molecular flexibility index (Phi) is 15.1. The first-order valence-corrected chi connectivity index (χ1v) is 18.2. The maximum atomic E-state index is 13.2. The fraction of sp³-hybridized carbons (Fsp3) is 0.757. The van der Waals surface area contributed by atoms with Crippen LogP contribution >= 0.6 is 0 Å². The number of hydrogen-bond donors (Lipinski definition) is 1. The second-order valence-electron chi connectivity index (χ2n) is 14.1. The molecule has 1 aliphatic carbocycles. The van der Waals surface area contributed by atoms with E-state index >= 15 is 0 Å². The van der Waals surface area contributed by atoms with Gasteiger partial charge in [-0.1, -0.05) is 70.3 Å². The lowest BCUT2D eigenvalue weighted by Gasteiger charge is -2.39. The SMILES string of the molecule is C/C(=C\C=C\[C@@H](C)COC(=O)N1CC[C@@H](O)C1)[C@H]1OC(=O)CCCCC[C@@H](OC(=O)N2CCN(C3CCCCCC3)CC2)/C=C/[C@@H]1C. The summed E-state index contributed by atoms with van der Waals surface area (Å²) >= 11 is 0. The molecule has 0 spiro atoms. The molecule has 0 aromatic rings. The molecule has 3 fully saturated rings. The van der Waals surface area contributed by atoms with Crippen LogP contribution in [0.3, 0.4) is 0 Å². The minimum Gasteiger partial charge on any atom is -0.457 e. The van der Waals surface area contributed by atoms with E-state index in [1.807, 2.05) is 56.1 Å². The number of aliphatic hydroxyl groups excluding tert-OH is 1. The average molecular weight is 658 g/mol. The highest BCUT2D eigenvalue weighted by Gasteiger charge is 2.29. The number of hydrogen-bond acceptors (Lipinski definition) is 8. The molecule has 2 amide bonds. The molecule has 264 valence electrons. The lowest BCUT2D eigenvalue weighted by Crippen LogP contribution is -2.52. The van der Waals surface area contributed by atoms with Crippen LogP contribution in [0.5, 0.6) is 0 Å². The molecule has 10 heteroatoms. The maximum Gasteiger partial charge on any atom is 0.410 e. The van der Waals surface area contributed by atoms with Crippen molar-refractivity contribution in [3.63, 3.8) is 0 Å². The van der Waals surface area contributed by atoms with E-state index in [9.17, 15) is 19.5 Å². The summed E-state index contributed by atoms with van der Waals surface area (Å²) in [6.45, 7) is 10.3. The zero-order valence-electron chi connectivity index (χ0n) is 29.0. The number of β-amino-alcohol motifs (C(OH)–C–C–N with tert-alkyl or cyclic N) is 1. The van der Waals surface area contributed by atoms with E-state index in [1.165, 1.54) is 43.4 Å². The van der Waals surface area contributed by atoms with Crippen molar-refractivity contribution in [3.8, 4) is 0 Å². The average Bonchev–Trinajstić information content (AvgIpc) is 3.32. The predicted octanol–water partition coefficient (Wildman–Crippen LogP) is 6.24. The normalized spacial score (nSPS) is 29.4. The summed E-state index contributed by atoms with van der Waals surface area (Å²) < 4.78 is 17.5. The molecule has 47 heavy (non-hydrogen) atoms. The molecule has 4 aliphatic rings. The summed E-state index contributed by atoms with van der Waals surface area (Å²) in [5, 5.41) is 9.65. The molecule has 3 aliphatic heterocycles. The number of aliphatic hydroxyl groups is 1. The second-order valence-corrected chi connectivity index (χ2v) is 14.1. The first-order chi connectivity index (χ1) is 22.7. The van der Waals surface area contributed by atoms with Gasteiger partial charge in [0, 0.05) is 63.6 Å². The van der Waals surface area contributed by atoms with Crippen molar-refractivity contribution in [2.45, 2.75) is 122 Å². The molecule has 1 saturated carbocycles. The summed E-state index contributed by atoms with van der Waals surface area (Å²) in [7, 11) is 0. The fourth-order valence-electron chi connectivity index (χ4n) is 7.05. The number of carbonyl (C=O) groups excluding carboxylic acids is 3. The maximum absolute atomic E-state index is 13.2. The second kappa shape index (κ2) is 19.2. The van der Waals surface area contributed by atoms with Gasteiger partial charge in [0.25, 0.3) is 0 Å². The van der Waals surface area contributed by atoms with Crippen molar-refractivity contribution in [1.29, 1.82) is 0 Å². The molecule has 3 heterocycles. The van der Waals surface area contributed by atoms with Gasteiger partial charge in [-0.05, 0) is 57.1 Å². The molecule has 10 nitrogen and oxygen atoms in total. The molecule has 0 radical (unpaired) electrons. The monoisotopic (exact) mass is 657 g/mol. The van der Waals surface area contributed by atoms with Crippen LogP contribution in [0.25, 0.3) is 0 Å². The van der Waals surface area contributed by atoms with Gasteiger partial charge in [-0.25, -0.2) is 9.59 Å². The van der Waals surface area contributed by atoms with Gasteiger partial charge in [-0.15, -0.1) is 0 Å². The number of nitrogens with zero attached hydrogens (tertiary/aromatic N) is 3. The highest BCUT2D eigenvalue weighted by atomic mass is 16.6. The van der Waals surface area contributed by atoms with Gasteiger partial charge in [0.1, 0.15) is 12.2 Å². The Morgan fingerprint density at radius 2 is 1.64 bits per heavy atom. The molecule has 4 rings (SSSR count). The molecular formula is C37H59N3O7. The highest BCUT2D eigenvalue weighted by molar-refractivity contribution is 5.70. The predicted molar refractivity (Wildman–Crippen MR) is 182 cm³/mol. The molecular weight excluding hydrogens is 598 g/mol. The number of cyclic esters (lactones) is 1. The van der Waals surface area contributed by atoms with Gasteiger partial charge in [-0.3, -0.25) is 9.69 Å². The lowest BCUT2D eigenvalue weighted by atomic mass is 9.95. The van der Waals surface area contributed by atoms with Crippen molar-refractivity contribution < 1.29 is 33.7 Å². The number of rotatable bonds is 7. The number of amides is 2. The molecule has 0 aromatic carbocycles. The van der Waals surface area contributed by atoms with E-state index in [0.717, 1.165) is 44.3 Å². The Labute approximate surface area is 282 Å². The van der Waals surface area contributed by atoms with Crippen LogP contribution in [-0.4, -0.2) is 108 Å². The number of carbonyl (C=O) groups is 3. The number of ether oxygens (including phenoxy) is 3. The summed E-state index contributed by atoms with van der Waals surface area (Å²) in [6, 6.07) is 0.658. The highest BCUT2D eigenvalue weighted by Crippen LogP contribution is 2.25. The molecule has 1 N–H and O–H groups in total. The van der Waals surface area contributed by atoms with Crippen molar-refractivity contribution in [2.75, 3.05) is 45.9 Å². The minimum absolute atomic E-state index is 0.0121. The van der Waals surface area contributed by atoms with Crippen molar-refractivity contribution >= 4 is 18.2 Å². The molecule has 2 saturated heterocycles. The van der Waals surface area contributed by atoms with Crippen molar-refractivity contribution in [3.05, 3.63) is 36.0 Å². The van der Waals surface area contributed by atoms with E-state index in [4.69, 9.17) is 14.2 Å². The molecule has 0 bridgehead atoms. The summed E-state index contributed by atoms with van der Waals surface area (Å²) in [5.41, 5.74) is 0.902. The van der Waals surface area contributed by atoms with E-state index in [1.54, 1.807) is 0 Å². The van der Waals surface area contributed by atoms with Crippen LogP contribution < -0.4 is 0 Å². The quantitative estimate of drug-likeness (QED) is 0.113. The molecule has 5 atom stereocenters.